The van der Waals surface area contributed by atoms with Crippen LogP contribution in [0, 0.1) is 0 Å². The van der Waals surface area contributed by atoms with Crippen molar-refractivity contribution in [3.63, 3.8) is 0 Å². The number of nitrogens with one attached hydrogen (secondary N) is 1. The number of likely N-dealkylation sites (tertiary alicyclic amines) is 1. The normalized spacial score (nSPS) is 16.0. The maximum Gasteiger partial charge on any atom is 0.321 e. The van der Waals surface area contributed by atoms with Crippen molar-refractivity contribution >= 4 is 33.2 Å². The van der Waals surface area contributed by atoms with Gasteiger partial charge in [0, 0.05) is 30.8 Å². The van der Waals surface area contributed by atoms with E-state index >= 15 is 0 Å². The Morgan fingerprint density at radius 2 is 2.04 bits per heavy atom. The van der Waals surface area contributed by atoms with Gasteiger partial charge >= 0.3 is 6.03 Å². The largest absolute Gasteiger partial charge is 0.324 e. The molecule has 3 rings (SSSR count). The maximum atomic E-state index is 12.6. The van der Waals surface area contributed by atoms with Crippen molar-refractivity contribution in [2.45, 2.75) is 23.2 Å². The van der Waals surface area contributed by atoms with Crippen molar-refractivity contribution in [3.8, 4) is 0 Å². The van der Waals surface area contributed by atoms with E-state index in [1.54, 1.807) is 36.2 Å². The van der Waals surface area contributed by atoms with Crippen molar-refractivity contribution in [1.82, 2.24) is 19.7 Å². The molecule has 10 heteroatoms. The summed E-state index contributed by atoms with van der Waals surface area (Å²) >= 11 is 5.90. The molecule has 0 atom stereocenters. The van der Waals surface area contributed by atoms with Gasteiger partial charge in [0.2, 0.25) is 15.0 Å². The van der Waals surface area contributed by atoms with E-state index in [9.17, 15) is 13.2 Å². The number of rotatable bonds is 3. The number of carbonyl (C=O) groups excluding carboxylic acids is 1. The molecule has 8 nitrogen and oxygen atoms in total. The minimum absolute atomic E-state index is 0.0330. The third-order valence-corrected chi connectivity index (χ3v) is 6.63. The number of benzene rings is 1. The molecule has 0 saturated carbocycles. The van der Waals surface area contributed by atoms with Crippen LogP contribution in [0.3, 0.4) is 0 Å². The number of carbonyl (C=O) groups is 1. The lowest BCUT2D eigenvalue weighted by atomic mass is 10.1. The molecular formula is C15H18ClN5O3S. The van der Waals surface area contributed by atoms with Gasteiger partial charge in [0.15, 0.2) is 0 Å². The Labute approximate surface area is 150 Å². The summed E-state index contributed by atoms with van der Waals surface area (Å²) in [7, 11) is -1.95. The lowest BCUT2D eigenvalue weighted by Gasteiger charge is -2.31. The maximum absolute atomic E-state index is 12.6. The van der Waals surface area contributed by atoms with Crippen molar-refractivity contribution in [2.24, 2.45) is 7.05 Å². The second-order valence-corrected chi connectivity index (χ2v) is 8.45. The molecule has 0 aliphatic carbocycles. The number of urea groups is 1. The summed E-state index contributed by atoms with van der Waals surface area (Å²) in [6.07, 6.45) is 2.08. The number of anilines is 1. The van der Waals surface area contributed by atoms with Crippen LogP contribution in [-0.4, -0.2) is 52.5 Å². The highest BCUT2D eigenvalue weighted by Gasteiger charge is 2.35. The Morgan fingerprint density at radius 1 is 1.32 bits per heavy atom. The van der Waals surface area contributed by atoms with Crippen molar-refractivity contribution in [2.75, 3.05) is 18.4 Å². The van der Waals surface area contributed by atoms with Gasteiger partial charge in [-0.3, -0.25) is 0 Å². The second kappa shape index (κ2) is 7.01. The van der Waals surface area contributed by atoms with Crippen molar-refractivity contribution in [1.29, 1.82) is 0 Å². The van der Waals surface area contributed by atoms with Gasteiger partial charge in [-0.2, -0.15) is 0 Å². The molecule has 134 valence electrons. The van der Waals surface area contributed by atoms with Gasteiger partial charge in [-0.05, 0) is 31.0 Å². The van der Waals surface area contributed by atoms with Crippen LogP contribution in [0.2, 0.25) is 5.02 Å². The average molecular weight is 384 g/mol. The standard InChI is InChI=1S/C15H18ClN5O3S/c1-20-10-17-19-15(20)25(23,24)13-5-7-21(8-6-13)14(22)18-12-4-2-3-11(16)9-12/h2-4,9-10,13H,5-8H2,1H3,(H,18,22). The summed E-state index contributed by atoms with van der Waals surface area (Å²) in [6, 6.07) is 6.61. The third-order valence-electron chi connectivity index (χ3n) is 4.17. The molecule has 1 fully saturated rings. The number of hydrogen-bond donors (Lipinski definition) is 1. The fourth-order valence-corrected chi connectivity index (χ4v) is 4.75. The Kier molecular flexibility index (Phi) is 4.96. The van der Waals surface area contributed by atoms with Crippen molar-refractivity contribution < 1.29 is 13.2 Å². The Bertz CT molecular complexity index is 875. The van der Waals surface area contributed by atoms with E-state index in [2.05, 4.69) is 15.5 Å². The smallest absolute Gasteiger partial charge is 0.321 e. The highest BCUT2D eigenvalue weighted by molar-refractivity contribution is 7.91. The van der Waals surface area contributed by atoms with Gasteiger partial charge in [0.1, 0.15) is 6.33 Å². The van der Waals surface area contributed by atoms with Crippen LogP contribution >= 0.6 is 11.6 Å². The number of aromatic nitrogens is 3. The molecule has 1 N–H and O–H groups in total. The van der Waals surface area contributed by atoms with E-state index in [4.69, 9.17) is 11.6 Å². The molecule has 2 amide bonds. The molecule has 0 spiro atoms. The van der Waals surface area contributed by atoms with Gasteiger partial charge in [0.25, 0.3) is 0 Å². The molecule has 2 aromatic rings. The Morgan fingerprint density at radius 3 is 2.64 bits per heavy atom. The predicted octanol–water partition coefficient (Wildman–Crippen LogP) is 1.94. The monoisotopic (exact) mass is 383 g/mol. The zero-order chi connectivity index (χ0) is 18.0. The van der Waals surface area contributed by atoms with E-state index in [1.807, 2.05) is 0 Å². The van der Waals surface area contributed by atoms with Crippen LogP contribution in [0.4, 0.5) is 10.5 Å². The SMILES string of the molecule is Cn1cnnc1S(=O)(=O)C1CCN(C(=O)Nc2cccc(Cl)c2)CC1. The fourth-order valence-electron chi connectivity index (χ4n) is 2.82. The highest BCUT2D eigenvalue weighted by atomic mass is 35.5. The summed E-state index contributed by atoms with van der Waals surface area (Å²) < 4.78 is 26.6. The van der Waals surface area contributed by atoms with Gasteiger partial charge in [-0.25, -0.2) is 13.2 Å². The first-order valence-corrected chi connectivity index (χ1v) is 9.70. The summed E-state index contributed by atoms with van der Waals surface area (Å²) in [6.45, 7) is 0.711. The van der Waals surface area contributed by atoms with E-state index in [0.717, 1.165) is 0 Å². The molecule has 1 aromatic carbocycles. The Balaban J connectivity index is 1.62. The number of nitrogens with zero attached hydrogens (tertiary/aromatic N) is 4. The molecule has 2 heterocycles. The first-order valence-electron chi connectivity index (χ1n) is 7.77. The molecule has 0 bridgehead atoms. The summed E-state index contributed by atoms with van der Waals surface area (Å²) in [5, 5.41) is 10.0. The molecule has 0 unspecified atom stereocenters. The van der Waals surface area contributed by atoms with Crippen molar-refractivity contribution in [3.05, 3.63) is 35.6 Å². The lowest BCUT2D eigenvalue weighted by molar-refractivity contribution is 0.200. The molecule has 1 aliphatic heterocycles. The van der Waals surface area contributed by atoms with Crippen LogP contribution < -0.4 is 5.32 Å². The lowest BCUT2D eigenvalue weighted by Crippen LogP contribution is -2.44. The van der Waals surface area contributed by atoms with Crippen LogP contribution in [0.1, 0.15) is 12.8 Å². The molecular weight excluding hydrogens is 366 g/mol. The average Bonchev–Trinajstić information content (AvgIpc) is 3.02. The van der Waals surface area contributed by atoms with Gasteiger partial charge in [-0.1, -0.05) is 17.7 Å². The van der Waals surface area contributed by atoms with Gasteiger partial charge in [-0.15, -0.1) is 10.2 Å². The number of hydrogen-bond acceptors (Lipinski definition) is 5. The minimum Gasteiger partial charge on any atom is -0.324 e. The Hall–Kier alpha value is -2.13. The molecule has 0 radical (unpaired) electrons. The molecule has 25 heavy (non-hydrogen) atoms. The molecule has 1 saturated heterocycles. The van der Waals surface area contributed by atoms with Gasteiger partial charge < -0.3 is 14.8 Å². The zero-order valence-corrected chi connectivity index (χ0v) is 15.2. The van der Waals surface area contributed by atoms with Crippen LogP contribution in [0.5, 0.6) is 0 Å². The van der Waals surface area contributed by atoms with E-state index in [1.165, 1.54) is 10.9 Å². The minimum atomic E-state index is -3.55. The molecule has 1 aromatic heterocycles. The third kappa shape index (κ3) is 3.77. The van der Waals surface area contributed by atoms with E-state index in [-0.39, 0.29) is 11.2 Å². The summed E-state index contributed by atoms with van der Waals surface area (Å²) in [5.41, 5.74) is 0.603. The number of halogens is 1. The summed E-state index contributed by atoms with van der Waals surface area (Å²) in [4.78, 5) is 13.9. The number of piperidine rings is 1. The van der Waals surface area contributed by atoms with Gasteiger partial charge in [0.05, 0.1) is 5.25 Å². The predicted molar refractivity (Wildman–Crippen MR) is 93.3 cm³/mol. The zero-order valence-electron chi connectivity index (χ0n) is 13.6. The highest BCUT2D eigenvalue weighted by Crippen LogP contribution is 2.24. The first-order chi connectivity index (χ1) is 11.9. The van der Waals surface area contributed by atoms with Crippen LogP contribution in [0.25, 0.3) is 0 Å². The number of amides is 2. The first kappa shape index (κ1) is 17.7. The van der Waals surface area contributed by atoms with E-state index < -0.39 is 15.1 Å². The molecule has 1 aliphatic rings. The van der Waals surface area contributed by atoms with Crippen LogP contribution in [-0.2, 0) is 16.9 Å². The number of sulfone groups is 1. The topological polar surface area (TPSA) is 97.2 Å². The van der Waals surface area contributed by atoms with E-state index in [0.29, 0.717) is 36.6 Å². The fraction of sp³-hybridized carbons (Fsp3) is 0.400. The second-order valence-electron chi connectivity index (χ2n) is 5.90. The summed E-state index contributed by atoms with van der Waals surface area (Å²) in [5.74, 6) is 0. The number of aryl methyl sites for hydroxylation is 1. The van der Waals surface area contributed by atoms with Crippen LogP contribution in [0.15, 0.2) is 35.7 Å². The quantitative estimate of drug-likeness (QED) is 0.873.